The van der Waals surface area contributed by atoms with E-state index in [-0.39, 0.29) is 0 Å². The first kappa shape index (κ1) is 15.7. The van der Waals surface area contributed by atoms with Crippen molar-refractivity contribution in [2.45, 2.75) is 26.3 Å². The van der Waals surface area contributed by atoms with Gasteiger partial charge in [-0.15, -0.1) is 0 Å². The van der Waals surface area contributed by atoms with E-state index in [1.54, 1.807) is 0 Å². The number of allylic oxidation sites excluding steroid dienone is 2. The van der Waals surface area contributed by atoms with Gasteiger partial charge in [-0.2, -0.15) is 0 Å². The van der Waals surface area contributed by atoms with Crippen LogP contribution in [0.1, 0.15) is 18.4 Å². The van der Waals surface area contributed by atoms with Gasteiger partial charge < -0.3 is 0 Å². The molecular weight excluding hydrogens is 306 g/mol. The summed E-state index contributed by atoms with van der Waals surface area (Å²) in [4.78, 5) is 4.47. The monoisotopic (exact) mass is 329 g/mol. The molecule has 0 amide bonds. The molecule has 0 N–H and O–H groups in total. The fourth-order valence-corrected chi connectivity index (χ4v) is 3.27. The zero-order valence-electron chi connectivity index (χ0n) is 14.5. The van der Waals surface area contributed by atoms with E-state index in [1.807, 2.05) is 16.8 Å². The summed E-state index contributed by atoms with van der Waals surface area (Å²) in [6, 6.07) is 12.8. The Bertz CT molecular complexity index is 863. The average molecular weight is 329 g/mol. The molecule has 3 nitrogen and oxygen atoms in total. The first-order valence-electron chi connectivity index (χ1n) is 8.88. The minimum absolute atomic E-state index is 0.688. The normalized spacial score (nSPS) is 16.3. The molecule has 1 aliphatic rings. The van der Waals surface area contributed by atoms with E-state index in [4.69, 9.17) is 0 Å². The summed E-state index contributed by atoms with van der Waals surface area (Å²) in [6.07, 6.45) is 17.5. The number of hydrogen-bond donors (Lipinski definition) is 0. The maximum atomic E-state index is 4.47. The molecule has 0 unspecified atom stereocenters. The van der Waals surface area contributed by atoms with Crippen LogP contribution in [0.5, 0.6) is 0 Å². The Kier molecular flexibility index (Phi) is 4.38. The van der Waals surface area contributed by atoms with Crippen LogP contribution in [0.4, 0.5) is 0 Å². The van der Waals surface area contributed by atoms with Gasteiger partial charge in [-0.25, -0.2) is 9.13 Å². The van der Waals surface area contributed by atoms with Crippen LogP contribution in [0, 0.1) is 12.8 Å². The zero-order valence-corrected chi connectivity index (χ0v) is 14.5. The van der Waals surface area contributed by atoms with Gasteiger partial charge in [0.05, 0.1) is 12.4 Å². The second-order valence-electron chi connectivity index (χ2n) is 6.74. The number of nitrogens with zero attached hydrogens (tertiary/aromatic N) is 3. The quantitative estimate of drug-likeness (QED) is 0.529. The van der Waals surface area contributed by atoms with Gasteiger partial charge in [0.2, 0.25) is 0 Å². The summed E-state index contributed by atoms with van der Waals surface area (Å²) in [6.45, 7) is 3.12. The first-order chi connectivity index (χ1) is 12.3. The van der Waals surface area contributed by atoms with E-state index < -0.39 is 0 Å². The van der Waals surface area contributed by atoms with Crippen molar-refractivity contribution in [3.63, 3.8) is 0 Å². The highest BCUT2D eigenvalue weighted by atomic mass is 15.0. The lowest BCUT2D eigenvalue weighted by Crippen LogP contribution is -2.35. The van der Waals surface area contributed by atoms with Crippen LogP contribution in [0.15, 0.2) is 79.5 Å². The molecular formula is C22H23N3+2. The van der Waals surface area contributed by atoms with Crippen LogP contribution in [0.3, 0.4) is 0 Å². The molecule has 1 atom stereocenters. The lowest BCUT2D eigenvalue weighted by Gasteiger charge is -2.05. The highest BCUT2D eigenvalue weighted by molar-refractivity contribution is 5.61. The molecule has 124 valence electrons. The molecule has 1 aliphatic carbocycles. The third-order valence-electron chi connectivity index (χ3n) is 4.77. The number of aryl methyl sites for hydroxylation is 1. The Morgan fingerprint density at radius 2 is 1.68 bits per heavy atom. The van der Waals surface area contributed by atoms with E-state index in [9.17, 15) is 0 Å². The van der Waals surface area contributed by atoms with Crippen molar-refractivity contribution in [2.75, 3.05) is 0 Å². The second kappa shape index (κ2) is 6.98. The largest absolute Gasteiger partial charge is 0.327 e. The Balaban J connectivity index is 1.49. The molecule has 0 aromatic carbocycles. The standard InChI is InChI=1S/C22H23N3/c1-18-6-7-22(23-16-18)25-14-10-21(11-15-25)20-8-12-24(13-9-20)17-19-4-2-3-5-19/h2,4,6-16,19H,3,5,17H2,1H3/q+2/t19-/m1/s1. The molecule has 3 heteroatoms. The number of pyridine rings is 3. The van der Waals surface area contributed by atoms with Crippen LogP contribution in [-0.2, 0) is 6.54 Å². The summed E-state index contributed by atoms with van der Waals surface area (Å²) < 4.78 is 4.32. The Morgan fingerprint density at radius 1 is 0.960 bits per heavy atom. The number of rotatable bonds is 4. The third kappa shape index (κ3) is 3.66. The maximum absolute atomic E-state index is 4.47. The number of hydrogen-bond acceptors (Lipinski definition) is 1. The Hall–Kier alpha value is -2.81. The lowest BCUT2D eigenvalue weighted by molar-refractivity contribution is -0.701. The van der Waals surface area contributed by atoms with Crippen molar-refractivity contribution in [3.05, 3.63) is 85.1 Å². The fourth-order valence-electron chi connectivity index (χ4n) is 3.27. The molecule has 3 heterocycles. The molecule has 0 saturated heterocycles. The zero-order chi connectivity index (χ0) is 17.1. The Morgan fingerprint density at radius 3 is 2.28 bits per heavy atom. The van der Waals surface area contributed by atoms with Crippen LogP contribution in [0.25, 0.3) is 16.9 Å². The van der Waals surface area contributed by atoms with E-state index in [0.717, 1.165) is 12.4 Å². The molecule has 0 radical (unpaired) electrons. The van der Waals surface area contributed by atoms with Crippen LogP contribution >= 0.6 is 0 Å². The Labute approximate surface area is 148 Å². The van der Waals surface area contributed by atoms with Crippen molar-refractivity contribution in [1.82, 2.24) is 4.98 Å². The lowest BCUT2D eigenvalue weighted by atomic mass is 10.1. The van der Waals surface area contributed by atoms with Gasteiger partial charge in [-0.1, -0.05) is 12.2 Å². The first-order valence-corrected chi connectivity index (χ1v) is 8.88. The molecule has 0 spiro atoms. The molecule has 0 fully saturated rings. The van der Waals surface area contributed by atoms with E-state index >= 15 is 0 Å². The van der Waals surface area contributed by atoms with Crippen molar-refractivity contribution in [1.29, 1.82) is 0 Å². The van der Waals surface area contributed by atoms with Crippen LogP contribution in [0.2, 0.25) is 0 Å². The summed E-state index contributed by atoms with van der Waals surface area (Å²) in [5, 5.41) is 0. The van der Waals surface area contributed by atoms with Crippen LogP contribution in [-0.4, -0.2) is 4.98 Å². The summed E-state index contributed by atoms with van der Waals surface area (Å²) in [5.74, 6) is 1.63. The summed E-state index contributed by atoms with van der Waals surface area (Å²) in [5.41, 5.74) is 3.63. The smallest absolute Gasteiger partial charge is 0.204 e. The highest BCUT2D eigenvalue weighted by Crippen LogP contribution is 2.18. The van der Waals surface area contributed by atoms with Gasteiger partial charge in [-0.3, -0.25) is 0 Å². The average Bonchev–Trinajstić information content (AvgIpc) is 3.16. The van der Waals surface area contributed by atoms with E-state index in [2.05, 4.69) is 83.7 Å². The van der Waals surface area contributed by atoms with Crippen molar-refractivity contribution < 1.29 is 9.13 Å². The number of aromatic nitrogens is 3. The third-order valence-corrected chi connectivity index (χ3v) is 4.77. The van der Waals surface area contributed by atoms with Crippen molar-refractivity contribution in [2.24, 2.45) is 5.92 Å². The van der Waals surface area contributed by atoms with Gasteiger partial charge in [0, 0.05) is 24.1 Å². The molecule has 3 aromatic rings. The van der Waals surface area contributed by atoms with Crippen molar-refractivity contribution >= 4 is 0 Å². The van der Waals surface area contributed by atoms with E-state index in [0.29, 0.717) is 5.92 Å². The molecule has 0 aliphatic heterocycles. The van der Waals surface area contributed by atoms with Gasteiger partial charge in [0.25, 0.3) is 0 Å². The van der Waals surface area contributed by atoms with Crippen molar-refractivity contribution in [3.8, 4) is 16.9 Å². The SMILES string of the molecule is Cc1ccc(-[n+]2ccc(-c3cc[n+](C[C@@H]4C=CCC4)cc3)cc2)nc1. The molecule has 25 heavy (non-hydrogen) atoms. The van der Waals surface area contributed by atoms with Gasteiger partial charge in [0.15, 0.2) is 18.9 Å². The predicted octanol–water partition coefficient (Wildman–Crippen LogP) is 3.59. The minimum Gasteiger partial charge on any atom is -0.204 e. The highest BCUT2D eigenvalue weighted by Gasteiger charge is 2.14. The van der Waals surface area contributed by atoms with E-state index in [1.165, 1.54) is 29.5 Å². The fraction of sp³-hybridized carbons (Fsp3) is 0.227. The minimum atomic E-state index is 0.688. The van der Waals surface area contributed by atoms with Gasteiger partial charge >= 0.3 is 5.82 Å². The molecule has 0 saturated carbocycles. The maximum Gasteiger partial charge on any atom is 0.327 e. The van der Waals surface area contributed by atoms with Gasteiger partial charge in [0.1, 0.15) is 6.20 Å². The molecule has 4 rings (SSSR count). The topological polar surface area (TPSA) is 20.6 Å². The van der Waals surface area contributed by atoms with Gasteiger partial charge in [-0.05, 0) is 59.6 Å². The summed E-state index contributed by atoms with van der Waals surface area (Å²) in [7, 11) is 0. The summed E-state index contributed by atoms with van der Waals surface area (Å²) >= 11 is 0. The molecule has 0 bridgehead atoms. The van der Waals surface area contributed by atoms with Crippen LogP contribution < -0.4 is 9.13 Å². The molecule has 3 aromatic heterocycles. The second-order valence-corrected chi connectivity index (χ2v) is 6.74. The predicted molar refractivity (Wildman–Crippen MR) is 98.0 cm³/mol.